The standard InChI is InChI=1S/C28H26ClN3O6S4/c1-18(15-27-32(17-25(33)30-41(2,34)35)22-16-20(29)9-11-23(22)39-27)14-26-31(12-5-13-42(36,37)38)28-21-7-4-3-6-19(21)8-10-24(28)40-26/h3-4,6-11,14-16H,5,12-13,17H2,1-2H3,(H-,30,33,36,37,38). The van der Waals surface area contributed by atoms with E-state index in [9.17, 15) is 26.2 Å². The Morgan fingerprint density at radius 1 is 1.12 bits per heavy atom. The average Bonchev–Trinajstić information content (AvgIpc) is 3.39. The maximum Gasteiger partial charge on any atom is 0.263 e. The number of benzene rings is 3. The van der Waals surface area contributed by atoms with Crippen molar-refractivity contribution in [3.8, 4) is 0 Å². The van der Waals surface area contributed by atoms with Gasteiger partial charge < -0.3 is 9.45 Å². The smallest absolute Gasteiger partial charge is 0.263 e. The van der Waals surface area contributed by atoms with Crippen LogP contribution in [0.4, 0.5) is 5.69 Å². The predicted octanol–water partition coefficient (Wildman–Crippen LogP) is 4.86. The Labute approximate surface area is 257 Å². The Hall–Kier alpha value is -2.94. The Kier molecular flexibility index (Phi) is 8.70. The molecule has 0 saturated heterocycles. The molecule has 0 bridgehead atoms. The second-order valence-electron chi connectivity index (χ2n) is 9.81. The highest BCUT2D eigenvalue weighted by Crippen LogP contribution is 2.47. The number of hydrogen-bond donors (Lipinski definition) is 1. The predicted molar refractivity (Wildman–Crippen MR) is 168 cm³/mol. The lowest BCUT2D eigenvalue weighted by molar-refractivity contribution is -0.667. The van der Waals surface area contributed by atoms with Crippen molar-refractivity contribution in [1.82, 2.24) is 4.72 Å². The summed E-state index contributed by atoms with van der Waals surface area (Å²) in [6.45, 7) is 2.01. The number of halogens is 1. The molecular weight excluding hydrogens is 638 g/mol. The third kappa shape index (κ3) is 7.16. The summed E-state index contributed by atoms with van der Waals surface area (Å²) in [7, 11) is -8.09. The van der Waals surface area contributed by atoms with Crippen LogP contribution < -0.4 is 14.2 Å². The van der Waals surface area contributed by atoms with E-state index < -0.39 is 31.8 Å². The van der Waals surface area contributed by atoms with Crippen LogP contribution in [0.25, 0.3) is 27.1 Å². The van der Waals surface area contributed by atoms with Crippen molar-refractivity contribution in [2.75, 3.05) is 23.5 Å². The van der Waals surface area contributed by atoms with Crippen LogP contribution in [0, 0.1) is 0 Å². The molecule has 14 heteroatoms. The molecule has 5 rings (SSSR count). The van der Waals surface area contributed by atoms with Crippen molar-refractivity contribution in [3.63, 3.8) is 0 Å². The summed E-state index contributed by atoms with van der Waals surface area (Å²) in [6.07, 6.45) is 4.97. The fourth-order valence-corrected chi connectivity index (χ4v) is 8.26. The minimum atomic E-state index is -4.35. The normalized spacial score (nSPS) is 15.1. The van der Waals surface area contributed by atoms with Gasteiger partial charge in [-0.1, -0.05) is 59.0 Å². The first-order valence-electron chi connectivity index (χ1n) is 12.7. The van der Waals surface area contributed by atoms with Crippen LogP contribution in [0.3, 0.4) is 0 Å². The van der Waals surface area contributed by atoms with Crippen molar-refractivity contribution in [3.05, 3.63) is 81.3 Å². The molecule has 1 aliphatic rings. The Morgan fingerprint density at radius 3 is 2.62 bits per heavy atom. The summed E-state index contributed by atoms with van der Waals surface area (Å²) in [6, 6.07) is 17.3. The van der Waals surface area contributed by atoms with Crippen molar-refractivity contribution in [2.45, 2.75) is 24.8 Å². The maximum atomic E-state index is 12.6. The monoisotopic (exact) mass is 663 g/mol. The van der Waals surface area contributed by atoms with E-state index >= 15 is 0 Å². The number of carbonyl (C=O) groups is 1. The Balaban J connectivity index is 1.55. The summed E-state index contributed by atoms with van der Waals surface area (Å²) in [5.74, 6) is -1.14. The van der Waals surface area contributed by atoms with E-state index in [2.05, 4.69) is 0 Å². The maximum absolute atomic E-state index is 12.6. The first-order chi connectivity index (χ1) is 19.8. The number of hydrogen-bond acceptors (Lipinski definition) is 9. The number of nitrogens with one attached hydrogen (secondary N) is 1. The van der Waals surface area contributed by atoms with Crippen LogP contribution in [-0.4, -0.2) is 45.8 Å². The zero-order chi connectivity index (χ0) is 30.2. The second-order valence-corrected chi connectivity index (χ2v) is 15.6. The lowest BCUT2D eigenvalue weighted by Gasteiger charge is -2.20. The van der Waals surface area contributed by atoms with E-state index in [0.29, 0.717) is 22.3 Å². The summed E-state index contributed by atoms with van der Waals surface area (Å²) < 4.78 is 62.4. The topological polar surface area (TPSA) is 128 Å². The SMILES string of the molecule is CC(/C=C1\Sc2ccc(Cl)cc2N1CC(=O)NS(C)(=O)=O)=C\c1sc2ccc3ccccc3c2[n+]1CCCS(=O)(=O)[O-]. The van der Waals surface area contributed by atoms with Crippen LogP contribution >= 0.6 is 34.7 Å². The molecule has 2 heterocycles. The summed E-state index contributed by atoms with van der Waals surface area (Å²) in [5, 5.41) is 4.12. The van der Waals surface area contributed by atoms with Crippen LogP contribution in [0.1, 0.15) is 18.4 Å². The third-order valence-corrected chi connectivity index (χ3v) is 10.2. The molecule has 0 aliphatic carbocycles. The minimum Gasteiger partial charge on any atom is -0.748 e. The highest BCUT2D eigenvalue weighted by molar-refractivity contribution is 8.03. The molecule has 42 heavy (non-hydrogen) atoms. The number of allylic oxidation sites excluding steroid dienone is 2. The molecule has 1 aromatic heterocycles. The van der Waals surface area contributed by atoms with Gasteiger partial charge in [0.05, 0.1) is 32.5 Å². The molecule has 1 aliphatic heterocycles. The molecule has 0 atom stereocenters. The number of aryl methyl sites for hydroxylation is 1. The van der Waals surface area contributed by atoms with E-state index in [1.165, 1.54) is 11.8 Å². The molecule has 1 amide bonds. The number of thiazole rings is 1. The van der Waals surface area contributed by atoms with Gasteiger partial charge in [-0.05, 0) is 54.3 Å². The van der Waals surface area contributed by atoms with Crippen molar-refractivity contribution >= 4 is 93.5 Å². The van der Waals surface area contributed by atoms with Gasteiger partial charge in [-0.15, -0.1) is 0 Å². The van der Waals surface area contributed by atoms with Crippen LogP contribution in [0.2, 0.25) is 5.02 Å². The van der Waals surface area contributed by atoms with E-state index in [-0.39, 0.29) is 13.0 Å². The number of anilines is 1. The van der Waals surface area contributed by atoms with E-state index in [1.807, 2.05) is 70.8 Å². The largest absolute Gasteiger partial charge is 0.748 e. The number of thioether (sulfide) groups is 1. The number of amides is 1. The van der Waals surface area contributed by atoms with Crippen LogP contribution in [0.5, 0.6) is 0 Å². The Morgan fingerprint density at radius 2 is 1.88 bits per heavy atom. The number of aromatic nitrogens is 1. The molecule has 9 nitrogen and oxygen atoms in total. The quantitative estimate of drug-likeness (QED) is 0.199. The summed E-state index contributed by atoms with van der Waals surface area (Å²) in [5.41, 5.74) is 2.49. The number of nitrogens with zero attached hydrogens (tertiary/aromatic N) is 2. The zero-order valence-electron chi connectivity index (χ0n) is 22.5. The molecule has 1 N–H and O–H groups in total. The van der Waals surface area contributed by atoms with Crippen molar-refractivity contribution in [2.24, 2.45) is 0 Å². The minimum absolute atomic E-state index is 0.168. The molecule has 0 spiro atoms. The molecule has 0 radical (unpaired) electrons. The fraction of sp³-hybridized carbons (Fsp3) is 0.214. The average molecular weight is 664 g/mol. The molecule has 0 saturated carbocycles. The van der Waals surface area contributed by atoms with Gasteiger partial charge in [0.2, 0.25) is 15.5 Å². The van der Waals surface area contributed by atoms with Gasteiger partial charge in [0.1, 0.15) is 11.2 Å². The van der Waals surface area contributed by atoms with Gasteiger partial charge in [0.15, 0.2) is 6.54 Å². The summed E-state index contributed by atoms with van der Waals surface area (Å²) in [4.78, 5) is 15.2. The van der Waals surface area contributed by atoms with Gasteiger partial charge in [0, 0.05) is 28.2 Å². The van der Waals surface area contributed by atoms with E-state index in [4.69, 9.17) is 11.6 Å². The van der Waals surface area contributed by atoms with Crippen LogP contribution in [-0.2, 0) is 31.5 Å². The molecular formula is C28H26ClN3O6S4. The summed E-state index contributed by atoms with van der Waals surface area (Å²) >= 11 is 9.22. The van der Waals surface area contributed by atoms with Crippen molar-refractivity contribution in [1.29, 1.82) is 0 Å². The van der Waals surface area contributed by atoms with Gasteiger partial charge in [-0.3, -0.25) is 9.52 Å². The number of fused-ring (bicyclic) bond motifs is 4. The number of sulfonamides is 1. The van der Waals surface area contributed by atoms with Gasteiger partial charge in [-0.2, -0.15) is 4.57 Å². The Bertz CT molecular complexity index is 2000. The first-order valence-corrected chi connectivity index (χ1v) is 18.2. The molecule has 220 valence electrons. The molecule has 3 aromatic carbocycles. The van der Waals surface area contributed by atoms with Crippen LogP contribution in [0.15, 0.2) is 76.2 Å². The molecule has 0 fully saturated rings. The molecule has 0 unspecified atom stereocenters. The van der Waals surface area contributed by atoms with Gasteiger partial charge >= 0.3 is 0 Å². The van der Waals surface area contributed by atoms with E-state index in [0.717, 1.165) is 42.7 Å². The van der Waals surface area contributed by atoms with E-state index in [1.54, 1.807) is 28.4 Å². The van der Waals surface area contributed by atoms with Gasteiger partial charge in [-0.25, -0.2) is 16.8 Å². The lowest BCUT2D eigenvalue weighted by atomic mass is 10.1. The zero-order valence-corrected chi connectivity index (χ0v) is 26.6. The lowest BCUT2D eigenvalue weighted by Crippen LogP contribution is -2.38. The number of rotatable bonds is 9. The first kappa shape index (κ1) is 30.5. The number of carbonyl (C=O) groups excluding carboxylic acids is 1. The fourth-order valence-electron chi connectivity index (χ4n) is 4.76. The highest BCUT2D eigenvalue weighted by Gasteiger charge is 2.28. The second kappa shape index (κ2) is 12.0. The van der Waals surface area contributed by atoms with Crippen molar-refractivity contribution < 1.29 is 30.7 Å². The molecule has 4 aromatic rings. The highest BCUT2D eigenvalue weighted by atomic mass is 35.5. The third-order valence-electron chi connectivity index (χ3n) is 6.39. The van der Waals surface area contributed by atoms with Gasteiger partial charge in [0.25, 0.3) is 10.9 Å².